The third kappa shape index (κ3) is 2.06. The molecule has 1 aliphatic heterocycles. The molecule has 0 unspecified atom stereocenters. The van der Waals surface area contributed by atoms with Gasteiger partial charge < -0.3 is 4.74 Å². The van der Waals surface area contributed by atoms with Gasteiger partial charge in [-0.1, -0.05) is 46.4 Å². The molecule has 1 nitrogen and oxygen atoms in total. The van der Waals surface area contributed by atoms with Crippen LogP contribution in [0, 0.1) is 0 Å². The van der Waals surface area contributed by atoms with E-state index in [1.165, 1.54) is 0 Å². The van der Waals surface area contributed by atoms with Crippen molar-refractivity contribution in [2.24, 2.45) is 0 Å². The average Bonchev–Trinajstić information content (AvgIpc) is 2.26. The highest BCUT2D eigenvalue weighted by molar-refractivity contribution is 6.36. The molecule has 2 aromatic carbocycles. The lowest BCUT2D eigenvalue weighted by molar-refractivity contribution is 0.460. The van der Waals surface area contributed by atoms with E-state index in [-0.39, 0.29) is 0 Å². The molecule has 0 amide bonds. The van der Waals surface area contributed by atoms with Crippen molar-refractivity contribution in [3.05, 3.63) is 55.5 Å². The molecule has 0 aromatic heterocycles. The Kier molecular flexibility index (Phi) is 3.11. The van der Waals surface area contributed by atoms with Crippen molar-refractivity contribution in [3.8, 4) is 11.5 Å². The molecule has 92 valence electrons. The van der Waals surface area contributed by atoms with Gasteiger partial charge in [0.2, 0.25) is 0 Å². The number of benzene rings is 2. The third-order valence-electron chi connectivity index (χ3n) is 2.76. The van der Waals surface area contributed by atoms with E-state index >= 15 is 0 Å². The minimum absolute atomic E-state index is 0.481. The molecular weight excluding hydrogens is 314 g/mol. The first-order chi connectivity index (χ1) is 8.54. The molecule has 2 aromatic rings. The molecule has 0 bridgehead atoms. The SMILES string of the molecule is Clc1cc(Cl)c2c(c1)Cc1cc(Cl)cc(Cl)c1O2. The molecule has 0 atom stereocenters. The highest BCUT2D eigenvalue weighted by Crippen LogP contribution is 2.46. The number of rotatable bonds is 0. The Labute approximate surface area is 124 Å². The molecule has 5 heteroatoms. The van der Waals surface area contributed by atoms with Crippen LogP contribution in [0.3, 0.4) is 0 Å². The van der Waals surface area contributed by atoms with E-state index in [2.05, 4.69) is 0 Å². The molecule has 0 aliphatic carbocycles. The summed E-state index contributed by atoms with van der Waals surface area (Å²) in [7, 11) is 0. The van der Waals surface area contributed by atoms with Crippen LogP contribution in [-0.4, -0.2) is 0 Å². The summed E-state index contributed by atoms with van der Waals surface area (Å²) in [5, 5.41) is 2.13. The van der Waals surface area contributed by atoms with E-state index in [9.17, 15) is 0 Å². The Morgan fingerprint density at radius 3 is 1.61 bits per heavy atom. The lowest BCUT2D eigenvalue weighted by Gasteiger charge is -2.22. The predicted octanol–water partition coefficient (Wildman–Crippen LogP) is 6.00. The van der Waals surface area contributed by atoms with E-state index in [4.69, 9.17) is 51.1 Å². The third-order valence-corrected chi connectivity index (χ3v) is 3.75. The second-order valence-electron chi connectivity index (χ2n) is 4.03. The van der Waals surface area contributed by atoms with Gasteiger partial charge in [0.15, 0.2) is 0 Å². The average molecular weight is 320 g/mol. The normalized spacial score (nSPS) is 12.7. The maximum Gasteiger partial charge on any atom is 0.149 e. The van der Waals surface area contributed by atoms with Gasteiger partial charge in [-0.25, -0.2) is 0 Å². The lowest BCUT2D eigenvalue weighted by atomic mass is 10.0. The standard InChI is InChI=1S/C13H6Cl4O/c14-8-2-6-1-7-3-9(15)5-11(17)13(7)18-12(6)10(16)4-8/h2-5H,1H2. The van der Waals surface area contributed by atoms with Gasteiger partial charge in [0.05, 0.1) is 10.0 Å². The predicted molar refractivity (Wildman–Crippen MR) is 75.8 cm³/mol. The Bertz CT molecular complexity index is 596. The van der Waals surface area contributed by atoms with Crippen molar-refractivity contribution in [1.82, 2.24) is 0 Å². The number of ether oxygens (including phenoxy) is 1. The summed E-state index contributed by atoms with van der Waals surface area (Å²) in [6, 6.07) is 6.97. The summed E-state index contributed by atoms with van der Waals surface area (Å²) < 4.78 is 5.77. The van der Waals surface area contributed by atoms with Gasteiger partial charge in [0, 0.05) is 27.6 Å². The zero-order valence-corrected chi connectivity index (χ0v) is 12.0. The molecule has 0 spiro atoms. The monoisotopic (exact) mass is 318 g/mol. The Hall–Kier alpha value is -0.600. The molecule has 0 radical (unpaired) electrons. The van der Waals surface area contributed by atoms with Gasteiger partial charge in [-0.05, 0) is 24.3 Å². The van der Waals surface area contributed by atoms with Gasteiger partial charge in [0.1, 0.15) is 11.5 Å². The van der Waals surface area contributed by atoms with E-state index in [1.807, 2.05) is 12.1 Å². The first-order valence-corrected chi connectivity index (χ1v) is 6.69. The van der Waals surface area contributed by atoms with Gasteiger partial charge in [-0.15, -0.1) is 0 Å². The fraction of sp³-hybridized carbons (Fsp3) is 0.0769. The van der Waals surface area contributed by atoms with Crippen LogP contribution in [-0.2, 0) is 6.42 Å². The van der Waals surface area contributed by atoms with Crippen molar-refractivity contribution in [2.75, 3.05) is 0 Å². The van der Waals surface area contributed by atoms with E-state index in [0.29, 0.717) is 38.0 Å². The summed E-state index contributed by atoms with van der Waals surface area (Å²) in [4.78, 5) is 0. The second kappa shape index (κ2) is 4.50. The molecule has 1 aliphatic rings. The highest BCUT2D eigenvalue weighted by Gasteiger charge is 2.22. The number of hydrogen-bond acceptors (Lipinski definition) is 1. The maximum atomic E-state index is 6.12. The van der Waals surface area contributed by atoms with Crippen LogP contribution in [0.5, 0.6) is 11.5 Å². The maximum absolute atomic E-state index is 6.12. The minimum atomic E-state index is 0.481. The molecular formula is C13H6Cl4O. The summed E-state index contributed by atoms with van der Waals surface area (Å²) >= 11 is 24.2. The molecule has 1 heterocycles. The Balaban J connectivity index is 2.18. The molecule has 0 fully saturated rings. The first-order valence-electron chi connectivity index (χ1n) is 5.18. The van der Waals surface area contributed by atoms with Gasteiger partial charge in [-0.2, -0.15) is 0 Å². The summed E-state index contributed by atoms with van der Waals surface area (Å²) in [6.07, 6.45) is 0.644. The highest BCUT2D eigenvalue weighted by atomic mass is 35.5. The minimum Gasteiger partial charge on any atom is -0.454 e. The summed E-state index contributed by atoms with van der Waals surface area (Å²) in [5.74, 6) is 1.22. The van der Waals surface area contributed by atoms with Gasteiger partial charge >= 0.3 is 0 Å². The smallest absolute Gasteiger partial charge is 0.149 e. The van der Waals surface area contributed by atoms with Crippen molar-refractivity contribution in [2.45, 2.75) is 6.42 Å². The summed E-state index contributed by atoms with van der Waals surface area (Å²) in [5.41, 5.74) is 1.86. The first kappa shape index (κ1) is 12.4. The Morgan fingerprint density at radius 2 is 1.17 bits per heavy atom. The van der Waals surface area contributed by atoms with Gasteiger partial charge in [-0.3, -0.25) is 0 Å². The Morgan fingerprint density at radius 1 is 0.722 bits per heavy atom. The van der Waals surface area contributed by atoms with Crippen LogP contribution < -0.4 is 4.74 Å². The summed E-state index contributed by atoms with van der Waals surface area (Å²) in [6.45, 7) is 0. The van der Waals surface area contributed by atoms with E-state index in [1.54, 1.807) is 12.1 Å². The van der Waals surface area contributed by atoms with Crippen molar-refractivity contribution in [3.63, 3.8) is 0 Å². The van der Waals surface area contributed by atoms with Crippen LogP contribution in [0.4, 0.5) is 0 Å². The van der Waals surface area contributed by atoms with E-state index in [0.717, 1.165) is 11.1 Å². The quantitative estimate of drug-likeness (QED) is 0.494. The topological polar surface area (TPSA) is 9.23 Å². The number of halogens is 4. The number of fused-ring (bicyclic) bond motifs is 2. The molecule has 0 saturated heterocycles. The van der Waals surface area contributed by atoms with Crippen molar-refractivity contribution in [1.29, 1.82) is 0 Å². The van der Waals surface area contributed by atoms with Crippen LogP contribution in [0.15, 0.2) is 24.3 Å². The van der Waals surface area contributed by atoms with Gasteiger partial charge in [0.25, 0.3) is 0 Å². The fourth-order valence-corrected chi connectivity index (χ4v) is 3.17. The lowest BCUT2D eigenvalue weighted by Crippen LogP contribution is -2.04. The van der Waals surface area contributed by atoms with Crippen molar-refractivity contribution >= 4 is 46.4 Å². The van der Waals surface area contributed by atoms with Crippen LogP contribution in [0.25, 0.3) is 0 Å². The number of hydrogen-bond donors (Lipinski definition) is 0. The molecule has 0 saturated carbocycles. The zero-order valence-electron chi connectivity index (χ0n) is 8.94. The van der Waals surface area contributed by atoms with Crippen LogP contribution >= 0.6 is 46.4 Å². The van der Waals surface area contributed by atoms with E-state index < -0.39 is 0 Å². The van der Waals surface area contributed by atoms with Crippen molar-refractivity contribution < 1.29 is 4.74 Å². The fourth-order valence-electron chi connectivity index (χ4n) is 2.03. The van der Waals surface area contributed by atoms with Crippen LogP contribution in [0.1, 0.15) is 11.1 Å². The second-order valence-corrected chi connectivity index (χ2v) is 5.72. The molecule has 0 N–H and O–H groups in total. The molecule has 18 heavy (non-hydrogen) atoms. The molecule has 3 rings (SSSR count). The van der Waals surface area contributed by atoms with Crippen LogP contribution in [0.2, 0.25) is 20.1 Å². The largest absolute Gasteiger partial charge is 0.454 e. The zero-order chi connectivity index (χ0) is 12.9.